The molecule has 5 aromatic rings. The molecule has 2 aliphatic rings. The Morgan fingerprint density at radius 2 is 1.38 bits per heavy atom. The molecule has 0 unspecified atom stereocenters. The van der Waals surface area contributed by atoms with Gasteiger partial charge in [0.1, 0.15) is 5.71 Å². The Kier molecular flexibility index (Phi) is 5.27. The van der Waals surface area contributed by atoms with Crippen LogP contribution in [0.25, 0.3) is 33.2 Å². The third-order valence-electron chi connectivity index (χ3n) is 8.38. The van der Waals surface area contributed by atoms with Gasteiger partial charge in [-0.15, -0.1) is 0 Å². The average Bonchev–Trinajstić information content (AvgIpc) is 3.38. The number of fused-ring (bicyclic) bond motifs is 4. The van der Waals surface area contributed by atoms with Crippen LogP contribution in [0.5, 0.6) is 0 Å². The van der Waals surface area contributed by atoms with Crippen LogP contribution in [-0.4, -0.2) is 21.6 Å². The van der Waals surface area contributed by atoms with Crippen molar-refractivity contribution < 1.29 is 13.1 Å². The fraction of sp³-hybridized carbons (Fsp3) is 0.114. The van der Waals surface area contributed by atoms with Gasteiger partial charge in [-0.25, -0.2) is 0 Å². The lowest BCUT2D eigenvalue weighted by molar-refractivity contribution is -0.362. The van der Waals surface area contributed by atoms with Crippen molar-refractivity contribution in [2.75, 3.05) is 0 Å². The first-order valence-corrected chi connectivity index (χ1v) is 13.6. The number of benzene rings is 4. The number of allylic oxidation sites excluding steroid dienone is 2. The second-order valence-corrected chi connectivity index (χ2v) is 10.8. The maximum Gasteiger partial charge on any atom is 0.737 e. The van der Waals surface area contributed by atoms with Gasteiger partial charge in [-0.05, 0) is 83.4 Å². The van der Waals surface area contributed by atoms with Crippen LogP contribution in [0.3, 0.4) is 0 Å². The number of aryl methyl sites for hydroxylation is 2. The highest BCUT2D eigenvalue weighted by Crippen LogP contribution is 2.41. The highest BCUT2D eigenvalue weighted by atomic mass is 19.2. The van der Waals surface area contributed by atoms with Crippen molar-refractivity contribution in [2.24, 2.45) is 0 Å². The van der Waals surface area contributed by atoms with Gasteiger partial charge in [0.15, 0.2) is 5.70 Å². The number of hydrogen-bond donors (Lipinski definition) is 0. The summed E-state index contributed by atoms with van der Waals surface area (Å²) in [7, 11) is 0. The van der Waals surface area contributed by atoms with Crippen molar-refractivity contribution in [3.05, 3.63) is 130 Å². The van der Waals surface area contributed by atoms with E-state index in [0.717, 1.165) is 54.9 Å². The number of halogens is 2. The molecule has 0 radical (unpaired) electrons. The minimum Gasteiger partial charge on any atom is -0.394 e. The highest BCUT2D eigenvalue weighted by Gasteiger charge is 2.54. The van der Waals surface area contributed by atoms with Crippen molar-refractivity contribution in [1.29, 1.82) is 0 Å². The van der Waals surface area contributed by atoms with Crippen LogP contribution in [0.4, 0.5) is 8.63 Å². The van der Waals surface area contributed by atoms with E-state index in [1.807, 2.05) is 74.5 Å². The third-order valence-corrected chi connectivity index (χ3v) is 8.38. The molecule has 5 heteroatoms. The van der Waals surface area contributed by atoms with Crippen LogP contribution in [0.15, 0.2) is 96.2 Å². The van der Waals surface area contributed by atoms with E-state index in [1.165, 1.54) is 8.96 Å². The summed E-state index contributed by atoms with van der Waals surface area (Å²) in [5.41, 5.74) is 7.72. The van der Waals surface area contributed by atoms with Gasteiger partial charge in [-0.1, -0.05) is 72.5 Å². The molecule has 0 atom stereocenters. The topological polar surface area (TPSA) is 7.94 Å². The molecule has 0 bridgehead atoms. The Morgan fingerprint density at radius 1 is 0.750 bits per heavy atom. The van der Waals surface area contributed by atoms with E-state index in [2.05, 4.69) is 42.2 Å². The quantitative estimate of drug-likeness (QED) is 0.118. The first kappa shape index (κ1) is 24.4. The zero-order valence-corrected chi connectivity index (χ0v) is 22.9. The van der Waals surface area contributed by atoms with E-state index in [9.17, 15) is 0 Å². The number of hydrogen-bond acceptors (Lipinski definition) is 0. The molecule has 0 saturated carbocycles. The third kappa shape index (κ3) is 3.46. The fourth-order valence-electron chi connectivity index (χ4n) is 6.57. The van der Waals surface area contributed by atoms with Gasteiger partial charge in [-0.3, -0.25) is 0 Å². The molecule has 0 N–H and O–H groups in total. The second kappa shape index (κ2) is 8.66. The van der Waals surface area contributed by atoms with E-state index in [0.29, 0.717) is 22.8 Å². The van der Waals surface area contributed by atoms with Gasteiger partial charge in [-0.2, -0.15) is 0 Å². The molecule has 0 aliphatic carbocycles. The molecule has 194 valence electrons. The largest absolute Gasteiger partial charge is 0.737 e. The number of aromatic nitrogens is 1. The Balaban J connectivity index is 1.29. The molecule has 2 aliphatic heterocycles. The van der Waals surface area contributed by atoms with E-state index in [-0.39, 0.29) is 0 Å². The van der Waals surface area contributed by atoms with Crippen LogP contribution < -0.4 is 0 Å². The van der Waals surface area contributed by atoms with Gasteiger partial charge < -0.3 is 17.6 Å². The smallest absolute Gasteiger partial charge is 0.394 e. The fourth-order valence-corrected chi connectivity index (χ4v) is 6.57. The van der Waals surface area contributed by atoms with Crippen molar-refractivity contribution >= 4 is 45.9 Å². The van der Waals surface area contributed by atoms with Gasteiger partial charge in [0.25, 0.3) is 0 Å². The minimum atomic E-state index is -3.99. The van der Waals surface area contributed by atoms with Crippen LogP contribution >= 0.6 is 0 Å². The lowest BCUT2D eigenvalue weighted by Gasteiger charge is -2.30. The first-order valence-electron chi connectivity index (χ1n) is 13.6. The summed E-state index contributed by atoms with van der Waals surface area (Å²) in [5.74, 6) is 6.79. The average molecular weight is 524 g/mol. The minimum absolute atomic E-state index is 0.575. The standard InChI is InChI=1S/C35H27BF2N2/c1-22-19-23(2)39-33(22)21-34-24(3)35(25(4)40(34)36(39,37)38)27-16-13-26(14-17-27)15-18-32-30-11-7-5-9-28(30)20-29-10-6-8-12-31(29)32/h5-14,16-17,19-21H,1-4H3. The van der Waals surface area contributed by atoms with E-state index < -0.39 is 6.97 Å². The maximum absolute atomic E-state index is 15.9. The normalized spacial score (nSPS) is 15.7. The molecule has 0 saturated heterocycles. The number of rotatable bonds is 1. The van der Waals surface area contributed by atoms with Crippen LogP contribution in [0.2, 0.25) is 0 Å². The molecule has 0 fully saturated rings. The summed E-state index contributed by atoms with van der Waals surface area (Å²) in [4.78, 5) is 0. The molecule has 3 heterocycles. The Morgan fingerprint density at radius 3 is 2.02 bits per heavy atom. The number of nitrogens with zero attached hydrogens (tertiary/aromatic N) is 2. The molecule has 0 amide bonds. The molecule has 7 rings (SSSR count). The summed E-state index contributed by atoms with van der Waals surface area (Å²) < 4.78 is 34.3. The van der Waals surface area contributed by atoms with E-state index in [1.54, 1.807) is 13.8 Å². The lowest BCUT2D eigenvalue weighted by Crippen LogP contribution is -2.50. The predicted molar refractivity (Wildman–Crippen MR) is 163 cm³/mol. The van der Waals surface area contributed by atoms with Crippen molar-refractivity contribution in [1.82, 2.24) is 4.48 Å². The predicted octanol–water partition coefficient (Wildman–Crippen LogP) is 8.35. The Bertz CT molecular complexity index is 2010. The maximum atomic E-state index is 15.9. The molecule has 0 spiro atoms. The van der Waals surface area contributed by atoms with Crippen molar-refractivity contribution in [3.8, 4) is 11.8 Å². The summed E-state index contributed by atoms with van der Waals surface area (Å²) in [6.45, 7) is 3.39. The Hall–Kier alpha value is -4.69. The zero-order valence-electron chi connectivity index (χ0n) is 22.9. The second-order valence-electron chi connectivity index (χ2n) is 10.8. The zero-order chi connectivity index (χ0) is 27.8. The van der Waals surface area contributed by atoms with Crippen LogP contribution in [0, 0.1) is 25.7 Å². The molecule has 40 heavy (non-hydrogen) atoms. The van der Waals surface area contributed by atoms with Gasteiger partial charge in [0, 0.05) is 35.4 Å². The molecule has 2 nitrogen and oxygen atoms in total. The summed E-state index contributed by atoms with van der Waals surface area (Å²) in [6, 6.07) is 28.6. The molecular formula is C35H27BF2N2. The lowest BCUT2D eigenvalue weighted by atomic mass is 9.89. The summed E-state index contributed by atoms with van der Waals surface area (Å²) in [5, 5.41) is 4.59. The van der Waals surface area contributed by atoms with Crippen molar-refractivity contribution in [3.63, 3.8) is 0 Å². The van der Waals surface area contributed by atoms with Gasteiger partial charge in [0.05, 0.1) is 5.57 Å². The molecule has 4 aromatic carbocycles. The monoisotopic (exact) mass is 524 g/mol. The Labute approximate surface area is 232 Å². The van der Waals surface area contributed by atoms with Gasteiger partial charge in [0.2, 0.25) is 0 Å². The highest BCUT2D eigenvalue weighted by molar-refractivity contribution is 6.59. The summed E-state index contributed by atoms with van der Waals surface area (Å²) in [6.07, 6.45) is 1.90. The van der Waals surface area contributed by atoms with E-state index in [4.69, 9.17) is 0 Å². The van der Waals surface area contributed by atoms with E-state index >= 15 is 8.63 Å². The SMILES string of the molecule is CC1=C(c2ccc(C#Cc3c4ccccc4cc4ccccc34)cc2)C(C)=[N+]2C1=Cc1c(C)cc(C)n1[B-]2(F)F. The van der Waals surface area contributed by atoms with Crippen LogP contribution in [0.1, 0.15) is 47.5 Å². The van der Waals surface area contributed by atoms with Gasteiger partial charge >= 0.3 is 6.97 Å². The van der Waals surface area contributed by atoms with Crippen LogP contribution in [-0.2, 0) is 0 Å². The first-order chi connectivity index (χ1) is 19.3. The molecule has 1 aromatic heterocycles. The summed E-state index contributed by atoms with van der Waals surface area (Å²) >= 11 is 0. The van der Waals surface area contributed by atoms with Crippen molar-refractivity contribution in [2.45, 2.75) is 27.7 Å². The molecular weight excluding hydrogens is 497 g/mol.